The van der Waals surface area contributed by atoms with Gasteiger partial charge >= 0.3 is 0 Å². The topological polar surface area (TPSA) is 6.48 Å². The highest BCUT2D eigenvalue weighted by Gasteiger charge is 2.57. The number of rotatable bonds is 20. The van der Waals surface area contributed by atoms with E-state index in [4.69, 9.17) is 0 Å². The first kappa shape index (κ1) is 74.5. The normalized spacial score (nSPS) is 14.3. The van der Waals surface area contributed by atoms with Crippen molar-refractivity contribution in [3.8, 4) is 111 Å². The monoisotopic (exact) mass is 1500 g/mol. The summed E-state index contributed by atoms with van der Waals surface area (Å²) in [6.45, 7) is 21.5. The van der Waals surface area contributed by atoms with Gasteiger partial charge in [-0.15, -0.1) is 0 Å². The predicted molar refractivity (Wildman–Crippen MR) is 495 cm³/mol. The number of nitrogens with zero attached hydrogens (tertiary/aromatic N) is 2. The Balaban J connectivity index is 0.654. The fraction of sp³-hybridized carbons (Fsp3) is 0.158. The van der Waals surface area contributed by atoms with Gasteiger partial charge in [-0.1, -0.05) is 340 Å². The lowest BCUT2D eigenvalue weighted by Crippen LogP contribution is -2.27. The lowest BCUT2D eigenvalue weighted by Gasteiger charge is -2.31. The Morgan fingerprint density at radius 1 is 0.224 bits per heavy atom. The summed E-state index contributed by atoms with van der Waals surface area (Å²) < 4.78 is 0. The van der Waals surface area contributed by atoms with Gasteiger partial charge in [-0.2, -0.15) is 0 Å². The molecule has 1 unspecified atom stereocenters. The number of anilines is 6. The van der Waals surface area contributed by atoms with Crippen LogP contribution in [0.5, 0.6) is 0 Å². The molecule has 16 aromatic rings. The average molecular weight is 1500 g/mol. The number of fused-ring (bicyclic) bond motifs is 4. The highest BCUT2D eigenvalue weighted by Crippen LogP contribution is 2.64. The molecule has 0 aliphatic heterocycles. The maximum atomic E-state index is 2.62. The standard InChI is InChI=1S/C114H100N2/c1-10-18-80-24-28-84(29-25-80)94-48-57-100(58-49-94)115(102-61-52-96(53-62-102)92-44-40-90(41-45-92)88-36-32-86(33-37-88)82-20-14-12-15-21-82)104-65-67-106(77(3)71-104)98-56-69-108-109(73-98)114(75-112(108,6)7)76-113(8,9)111-79(5)70-99(74-110(111)114)107-68-66-105(72-78(107)4)116(101-59-50-95(51-60-101)85-30-26-81(19-11-2)27-31-85)103-63-54-97(55-64-103)93-46-42-91(43-47-93)89-38-34-87(35-39-89)83-22-16-13-17-23-83/h12-17,20-74H,10-11,18-19,75-76H2,1-9H3. The van der Waals surface area contributed by atoms with Gasteiger partial charge in [-0.3, -0.25) is 0 Å². The molecular formula is C114H100N2. The van der Waals surface area contributed by atoms with Gasteiger partial charge in [0.05, 0.1) is 0 Å². The van der Waals surface area contributed by atoms with Crippen molar-refractivity contribution in [2.24, 2.45) is 0 Å². The minimum atomic E-state index is -0.191. The lowest BCUT2D eigenvalue weighted by molar-refractivity contribution is 0.349. The first-order valence-corrected chi connectivity index (χ1v) is 41.8. The van der Waals surface area contributed by atoms with Gasteiger partial charge < -0.3 is 9.80 Å². The highest BCUT2D eigenvalue weighted by molar-refractivity contribution is 5.87. The van der Waals surface area contributed by atoms with E-state index < -0.39 is 0 Å². The van der Waals surface area contributed by atoms with Crippen molar-refractivity contribution in [3.05, 3.63) is 420 Å². The van der Waals surface area contributed by atoms with Crippen molar-refractivity contribution in [2.75, 3.05) is 9.80 Å². The van der Waals surface area contributed by atoms with Crippen LogP contribution in [0.15, 0.2) is 370 Å². The van der Waals surface area contributed by atoms with Gasteiger partial charge in [0.2, 0.25) is 0 Å². The zero-order chi connectivity index (χ0) is 79.2. The summed E-state index contributed by atoms with van der Waals surface area (Å²) in [4.78, 5) is 4.86. The number of benzene rings is 16. The molecule has 0 radical (unpaired) electrons. The van der Waals surface area contributed by atoms with Crippen molar-refractivity contribution in [1.82, 2.24) is 0 Å². The Morgan fingerprint density at radius 3 is 0.810 bits per heavy atom. The van der Waals surface area contributed by atoms with Crippen LogP contribution in [0, 0.1) is 20.8 Å². The number of hydrogen-bond acceptors (Lipinski definition) is 2. The summed E-state index contributed by atoms with van der Waals surface area (Å²) in [7, 11) is 0. The highest BCUT2D eigenvalue weighted by atomic mass is 15.1. The number of hydrogen-bond donors (Lipinski definition) is 0. The summed E-state index contributed by atoms with van der Waals surface area (Å²) >= 11 is 0. The van der Waals surface area contributed by atoms with E-state index >= 15 is 0 Å². The maximum Gasteiger partial charge on any atom is 0.0464 e. The molecule has 2 aliphatic carbocycles. The Hall–Kier alpha value is -12.9. The quantitative estimate of drug-likeness (QED) is 0.0750. The minimum Gasteiger partial charge on any atom is -0.310 e. The van der Waals surface area contributed by atoms with E-state index in [1.54, 1.807) is 0 Å². The van der Waals surface area contributed by atoms with Crippen molar-refractivity contribution >= 4 is 34.1 Å². The average Bonchev–Trinajstić information content (AvgIpc) is 1.52. The fourth-order valence-electron chi connectivity index (χ4n) is 19.5. The van der Waals surface area contributed by atoms with Crippen LogP contribution in [-0.4, -0.2) is 0 Å². The second-order valence-electron chi connectivity index (χ2n) is 34.0. The predicted octanol–water partition coefficient (Wildman–Crippen LogP) is 31.8. The summed E-state index contributed by atoms with van der Waals surface area (Å²) in [6, 6.07) is 139. The van der Waals surface area contributed by atoms with Crippen LogP contribution in [0.4, 0.5) is 34.1 Å². The maximum absolute atomic E-state index is 2.62. The smallest absolute Gasteiger partial charge is 0.0464 e. The molecule has 18 rings (SSSR count). The molecule has 1 spiro atoms. The second kappa shape index (κ2) is 31.1. The molecule has 2 aliphatic rings. The van der Waals surface area contributed by atoms with Crippen LogP contribution >= 0.6 is 0 Å². The van der Waals surface area contributed by atoms with Crippen LogP contribution < -0.4 is 9.80 Å². The third-order valence-electron chi connectivity index (χ3n) is 25.1. The SMILES string of the molecule is CCCc1ccc(-c2ccc(N(c3ccc(-c4ccc(-c5ccc(-c6ccccc6)cc5)cc4)cc3)c3ccc(-c4ccc5c(c4)C4(CC5(C)C)CC(C)(C)c5c(C)cc(-c6ccc(N(c7ccc(-c8ccc(CCC)cc8)cc7)c7ccc(-c8ccc(-c9ccc(-c%10ccccc%10)cc9)cc8)cc7)cc6C)cc54)c(C)c3)cc2)cc1. The van der Waals surface area contributed by atoms with Crippen molar-refractivity contribution in [1.29, 1.82) is 0 Å². The third-order valence-corrected chi connectivity index (χ3v) is 25.1. The van der Waals surface area contributed by atoms with Gasteiger partial charge in [0.15, 0.2) is 0 Å². The lowest BCUT2D eigenvalue weighted by atomic mass is 9.72. The molecular weight excluding hydrogens is 1400 g/mol. The zero-order valence-electron chi connectivity index (χ0n) is 68.4. The molecule has 0 aromatic heterocycles. The van der Waals surface area contributed by atoms with E-state index in [1.165, 1.54) is 161 Å². The minimum absolute atomic E-state index is 0.0459. The molecule has 1 atom stereocenters. The molecule has 0 saturated heterocycles. The Morgan fingerprint density at radius 2 is 0.491 bits per heavy atom. The molecule has 116 heavy (non-hydrogen) atoms. The first-order valence-electron chi connectivity index (χ1n) is 41.8. The Kier molecular flexibility index (Phi) is 20.0. The van der Waals surface area contributed by atoms with Crippen LogP contribution in [0.3, 0.4) is 0 Å². The fourth-order valence-corrected chi connectivity index (χ4v) is 19.5. The van der Waals surface area contributed by atoms with Gasteiger partial charge in [-0.25, -0.2) is 0 Å². The summed E-state index contributed by atoms with van der Waals surface area (Å²) in [5.41, 5.74) is 43.4. The molecule has 0 fully saturated rings. The van der Waals surface area contributed by atoms with E-state index in [9.17, 15) is 0 Å². The van der Waals surface area contributed by atoms with Gasteiger partial charge in [0.1, 0.15) is 0 Å². The van der Waals surface area contributed by atoms with Gasteiger partial charge in [-0.05, 0) is 304 Å². The largest absolute Gasteiger partial charge is 0.310 e. The second-order valence-corrected chi connectivity index (χ2v) is 34.0. The molecule has 0 bridgehead atoms. The van der Waals surface area contributed by atoms with E-state index in [-0.39, 0.29) is 16.2 Å². The van der Waals surface area contributed by atoms with Crippen LogP contribution in [0.25, 0.3) is 111 Å². The summed E-state index contributed by atoms with van der Waals surface area (Å²) in [5.74, 6) is 0. The molecule has 566 valence electrons. The summed E-state index contributed by atoms with van der Waals surface area (Å²) in [5, 5.41) is 0. The third kappa shape index (κ3) is 14.5. The van der Waals surface area contributed by atoms with E-state index in [0.717, 1.165) is 72.6 Å². The van der Waals surface area contributed by atoms with Crippen LogP contribution in [0.2, 0.25) is 0 Å². The van der Waals surface area contributed by atoms with E-state index in [2.05, 4.69) is 442 Å². The van der Waals surface area contributed by atoms with Gasteiger partial charge in [0, 0.05) is 39.5 Å². The number of aryl methyl sites for hydroxylation is 5. The molecule has 0 N–H and O–H groups in total. The molecule has 0 amide bonds. The zero-order valence-corrected chi connectivity index (χ0v) is 68.4. The first-order chi connectivity index (χ1) is 56.5. The van der Waals surface area contributed by atoms with E-state index in [0.29, 0.717) is 0 Å². The van der Waals surface area contributed by atoms with Crippen molar-refractivity contribution in [3.63, 3.8) is 0 Å². The van der Waals surface area contributed by atoms with Crippen LogP contribution in [-0.2, 0) is 29.1 Å². The van der Waals surface area contributed by atoms with Crippen molar-refractivity contribution < 1.29 is 0 Å². The summed E-state index contributed by atoms with van der Waals surface area (Å²) in [6.07, 6.45) is 6.55. The molecule has 16 aromatic carbocycles. The Labute approximate surface area is 687 Å². The molecule has 0 saturated carbocycles. The van der Waals surface area contributed by atoms with Crippen LogP contribution in [0.1, 0.15) is 117 Å². The van der Waals surface area contributed by atoms with E-state index in [1.807, 2.05) is 0 Å². The van der Waals surface area contributed by atoms with Crippen molar-refractivity contribution in [2.45, 2.75) is 117 Å². The Bertz CT molecular complexity index is 6200. The van der Waals surface area contributed by atoms with Gasteiger partial charge in [0.25, 0.3) is 0 Å². The molecule has 2 heteroatoms. The molecule has 2 nitrogen and oxygen atoms in total. The molecule has 0 heterocycles.